The van der Waals surface area contributed by atoms with Gasteiger partial charge in [0.05, 0.1) is 7.05 Å². The lowest BCUT2D eigenvalue weighted by molar-refractivity contribution is -0.666. The van der Waals surface area contributed by atoms with Crippen molar-refractivity contribution in [2.24, 2.45) is 7.05 Å². The Morgan fingerprint density at radius 1 is 1.27 bits per heavy atom. The maximum atomic E-state index is 12.6. The minimum absolute atomic E-state index is 0.535. The van der Waals surface area contributed by atoms with E-state index in [9.17, 15) is 13.2 Å². The first-order valence-corrected chi connectivity index (χ1v) is 4.46. The van der Waals surface area contributed by atoms with E-state index in [4.69, 9.17) is 0 Å². The van der Waals surface area contributed by atoms with E-state index >= 15 is 0 Å². The second kappa shape index (κ2) is 2.98. The van der Waals surface area contributed by atoms with Crippen LogP contribution in [0.5, 0.6) is 0 Å². The molecular formula is C10H10F3N2+. The van der Waals surface area contributed by atoms with Crippen molar-refractivity contribution in [3.8, 4) is 0 Å². The molecule has 0 atom stereocenters. The Kier molecular flexibility index (Phi) is 1.99. The van der Waals surface area contributed by atoms with E-state index in [-0.39, 0.29) is 0 Å². The Morgan fingerprint density at radius 3 is 2.47 bits per heavy atom. The number of halogens is 3. The summed E-state index contributed by atoms with van der Waals surface area (Å²) in [5.74, 6) is -0.730. The van der Waals surface area contributed by atoms with E-state index in [1.165, 1.54) is 7.05 Å². The number of H-pyrrole nitrogens is 1. The van der Waals surface area contributed by atoms with E-state index < -0.39 is 12.0 Å². The summed E-state index contributed by atoms with van der Waals surface area (Å²) in [6.45, 7) is 1.78. The van der Waals surface area contributed by atoms with Crippen LogP contribution in [0.4, 0.5) is 13.2 Å². The van der Waals surface area contributed by atoms with Crippen molar-refractivity contribution >= 4 is 11.0 Å². The number of aryl methyl sites for hydroxylation is 2. The zero-order chi connectivity index (χ0) is 11.2. The third-order valence-electron chi connectivity index (χ3n) is 2.46. The van der Waals surface area contributed by atoms with Gasteiger partial charge in [-0.15, -0.1) is 0 Å². The second-order valence-electron chi connectivity index (χ2n) is 3.50. The van der Waals surface area contributed by atoms with Gasteiger partial charge in [0.1, 0.15) is 0 Å². The third kappa shape index (κ3) is 1.48. The fourth-order valence-corrected chi connectivity index (χ4v) is 1.68. The Balaban J connectivity index is 2.81. The van der Waals surface area contributed by atoms with Crippen LogP contribution in [0.1, 0.15) is 11.4 Å². The number of rotatable bonds is 0. The largest absolute Gasteiger partial charge is 0.494 e. The Morgan fingerprint density at radius 2 is 1.93 bits per heavy atom. The van der Waals surface area contributed by atoms with Crippen LogP contribution in [0, 0.1) is 6.92 Å². The van der Waals surface area contributed by atoms with Gasteiger partial charge in [-0.25, -0.2) is 9.55 Å². The highest BCUT2D eigenvalue weighted by Gasteiger charge is 2.43. The molecule has 5 heteroatoms. The molecule has 0 aliphatic heterocycles. The quantitative estimate of drug-likeness (QED) is 0.651. The molecule has 0 aliphatic carbocycles. The van der Waals surface area contributed by atoms with Crippen LogP contribution in [0.15, 0.2) is 18.2 Å². The maximum Gasteiger partial charge on any atom is 0.494 e. The first-order valence-electron chi connectivity index (χ1n) is 4.46. The summed E-state index contributed by atoms with van der Waals surface area (Å²) in [6.07, 6.45) is -4.35. The number of aromatic amines is 1. The standard InChI is InChI=1S/C10H9F3N2/c1-6-4-3-5-7-8(6)14-9(15(7)2)10(11,12)13/h3-5H,1-2H3/p+1. The van der Waals surface area contributed by atoms with Crippen molar-refractivity contribution in [2.45, 2.75) is 13.1 Å². The van der Waals surface area contributed by atoms with Crippen LogP contribution < -0.4 is 4.57 Å². The van der Waals surface area contributed by atoms with Crippen molar-refractivity contribution in [1.82, 2.24) is 4.98 Å². The summed E-state index contributed by atoms with van der Waals surface area (Å²) in [5.41, 5.74) is 1.90. The number of nitrogens with zero attached hydrogens (tertiary/aromatic N) is 1. The highest BCUT2D eigenvalue weighted by Crippen LogP contribution is 2.27. The van der Waals surface area contributed by atoms with Gasteiger partial charge in [-0.2, -0.15) is 13.2 Å². The Labute approximate surface area is 84.3 Å². The van der Waals surface area contributed by atoms with Gasteiger partial charge in [-0.3, -0.25) is 0 Å². The van der Waals surface area contributed by atoms with Gasteiger partial charge in [-0.1, -0.05) is 12.1 Å². The van der Waals surface area contributed by atoms with Crippen molar-refractivity contribution in [1.29, 1.82) is 0 Å². The SMILES string of the molecule is Cc1cccc2c1[nH]c(C(F)(F)F)[n+]2C. The molecule has 1 aromatic carbocycles. The highest BCUT2D eigenvalue weighted by molar-refractivity contribution is 5.75. The number of fused-ring (bicyclic) bond motifs is 1. The van der Waals surface area contributed by atoms with Crippen LogP contribution in [-0.4, -0.2) is 4.98 Å². The molecule has 2 rings (SSSR count). The second-order valence-corrected chi connectivity index (χ2v) is 3.50. The molecule has 0 aliphatic rings. The van der Waals surface area contributed by atoms with E-state index in [0.29, 0.717) is 11.0 Å². The van der Waals surface area contributed by atoms with Crippen molar-refractivity contribution in [3.63, 3.8) is 0 Å². The summed E-state index contributed by atoms with van der Waals surface area (Å²) < 4.78 is 38.8. The highest BCUT2D eigenvalue weighted by atomic mass is 19.4. The van der Waals surface area contributed by atoms with E-state index in [2.05, 4.69) is 4.98 Å². The normalized spacial score (nSPS) is 12.3. The summed E-state index contributed by atoms with van der Waals surface area (Å²) in [6, 6.07) is 5.18. The number of hydrogen-bond acceptors (Lipinski definition) is 0. The molecule has 0 spiro atoms. The minimum atomic E-state index is -4.35. The molecule has 1 heterocycles. The average molecular weight is 215 g/mol. The predicted octanol–water partition coefficient (Wildman–Crippen LogP) is 2.32. The molecule has 15 heavy (non-hydrogen) atoms. The predicted molar refractivity (Wildman–Crippen MR) is 49.2 cm³/mol. The molecule has 2 aromatic rings. The molecule has 1 aromatic heterocycles. The molecule has 0 saturated heterocycles. The van der Waals surface area contributed by atoms with Crippen LogP contribution in [0.25, 0.3) is 11.0 Å². The number of nitrogens with one attached hydrogen (secondary N) is 1. The van der Waals surface area contributed by atoms with Crippen LogP contribution in [0.3, 0.4) is 0 Å². The van der Waals surface area contributed by atoms with Crippen LogP contribution in [0.2, 0.25) is 0 Å². The number of para-hydroxylation sites is 1. The van der Waals surface area contributed by atoms with Gasteiger partial charge in [0.2, 0.25) is 0 Å². The van der Waals surface area contributed by atoms with Crippen molar-refractivity contribution < 1.29 is 17.7 Å². The lowest BCUT2D eigenvalue weighted by Gasteiger charge is -1.98. The maximum absolute atomic E-state index is 12.6. The minimum Gasteiger partial charge on any atom is -0.232 e. The molecule has 80 valence electrons. The van der Waals surface area contributed by atoms with Gasteiger partial charge < -0.3 is 0 Å². The number of hydrogen-bond donors (Lipinski definition) is 1. The number of benzene rings is 1. The van der Waals surface area contributed by atoms with E-state index in [0.717, 1.165) is 10.1 Å². The summed E-state index contributed by atoms with van der Waals surface area (Å²) in [5, 5.41) is 0. The first-order chi connectivity index (χ1) is 6.91. The molecule has 0 bridgehead atoms. The van der Waals surface area contributed by atoms with Gasteiger partial charge in [-0.05, 0) is 13.0 Å². The van der Waals surface area contributed by atoms with Crippen molar-refractivity contribution in [2.75, 3.05) is 0 Å². The van der Waals surface area contributed by atoms with Crippen molar-refractivity contribution in [3.05, 3.63) is 29.6 Å². The molecule has 0 fully saturated rings. The number of aromatic nitrogens is 2. The lowest BCUT2D eigenvalue weighted by atomic mass is 10.2. The zero-order valence-electron chi connectivity index (χ0n) is 8.31. The summed E-state index contributed by atoms with van der Waals surface area (Å²) in [4.78, 5) is 2.41. The summed E-state index contributed by atoms with van der Waals surface area (Å²) in [7, 11) is 1.40. The van der Waals surface area contributed by atoms with Gasteiger partial charge in [0, 0.05) is 5.56 Å². The third-order valence-corrected chi connectivity index (χ3v) is 2.46. The molecule has 1 N–H and O–H groups in total. The fraction of sp³-hybridized carbons (Fsp3) is 0.300. The topological polar surface area (TPSA) is 19.7 Å². The molecule has 0 unspecified atom stereocenters. The molecule has 0 amide bonds. The fourth-order valence-electron chi connectivity index (χ4n) is 1.68. The Hall–Kier alpha value is -1.52. The van der Waals surface area contributed by atoms with E-state index in [1.807, 2.05) is 0 Å². The molecule has 0 saturated carbocycles. The van der Waals surface area contributed by atoms with Gasteiger partial charge >= 0.3 is 12.0 Å². The average Bonchev–Trinajstić information content (AvgIpc) is 2.45. The smallest absolute Gasteiger partial charge is 0.232 e. The van der Waals surface area contributed by atoms with Crippen LogP contribution >= 0.6 is 0 Å². The van der Waals surface area contributed by atoms with E-state index in [1.54, 1.807) is 25.1 Å². The molecular weight excluding hydrogens is 205 g/mol. The Bertz CT molecular complexity index is 511. The first kappa shape index (κ1) is 10.0. The number of alkyl halides is 3. The monoisotopic (exact) mass is 215 g/mol. The molecule has 0 radical (unpaired) electrons. The van der Waals surface area contributed by atoms with Crippen LogP contribution in [-0.2, 0) is 13.2 Å². The number of imidazole rings is 1. The lowest BCUT2D eigenvalue weighted by Crippen LogP contribution is -2.36. The van der Waals surface area contributed by atoms with Gasteiger partial charge in [0.25, 0.3) is 0 Å². The van der Waals surface area contributed by atoms with Gasteiger partial charge in [0.15, 0.2) is 11.0 Å². The zero-order valence-corrected chi connectivity index (χ0v) is 8.31. The molecule has 2 nitrogen and oxygen atoms in total. The summed E-state index contributed by atoms with van der Waals surface area (Å²) >= 11 is 0.